The van der Waals surface area contributed by atoms with Crippen molar-refractivity contribution in [1.82, 2.24) is 20.4 Å². The van der Waals surface area contributed by atoms with Crippen molar-refractivity contribution >= 4 is 17.3 Å². The summed E-state index contributed by atoms with van der Waals surface area (Å²) < 4.78 is 0. The molecule has 0 unspecified atom stereocenters. The Kier molecular flexibility index (Phi) is 7.05. The Labute approximate surface area is 160 Å². The monoisotopic (exact) mass is 371 g/mol. The van der Waals surface area contributed by atoms with E-state index in [1.165, 1.54) is 29.8 Å². The van der Waals surface area contributed by atoms with Gasteiger partial charge in [-0.15, -0.1) is 0 Å². The third-order valence-corrected chi connectivity index (χ3v) is 5.48. The third-order valence-electron chi connectivity index (χ3n) is 4.75. The number of nitrogens with zero attached hydrogens (tertiary/aromatic N) is 3. The third kappa shape index (κ3) is 5.83. The number of guanidine groups is 1. The lowest BCUT2D eigenvalue weighted by atomic mass is 10.1. The van der Waals surface area contributed by atoms with Gasteiger partial charge in [-0.05, 0) is 40.6 Å². The number of likely N-dealkylation sites (N-methyl/N-ethyl adjacent to an activating group) is 1. The summed E-state index contributed by atoms with van der Waals surface area (Å²) in [7, 11) is 4.00. The van der Waals surface area contributed by atoms with E-state index in [1.807, 2.05) is 7.05 Å². The average Bonchev–Trinajstić information content (AvgIpc) is 3.18. The first-order valence-electron chi connectivity index (χ1n) is 9.17. The zero-order chi connectivity index (χ0) is 18.2. The van der Waals surface area contributed by atoms with Crippen LogP contribution < -0.4 is 10.6 Å². The van der Waals surface area contributed by atoms with Crippen molar-refractivity contribution in [3.63, 3.8) is 0 Å². The molecule has 140 valence electrons. The molecule has 0 bridgehead atoms. The SMILES string of the molecule is CN=C(NCc1ccc(CN2CCN(C)CC2)cc1)NCc1ccsc1. The molecular formula is C20H29N5S. The van der Waals surface area contributed by atoms with Crippen LogP contribution in [0.1, 0.15) is 16.7 Å². The molecule has 0 amide bonds. The van der Waals surface area contributed by atoms with Crippen LogP contribution in [0.3, 0.4) is 0 Å². The number of nitrogens with one attached hydrogen (secondary N) is 2. The van der Waals surface area contributed by atoms with Crippen molar-refractivity contribution in [3.05, 3.63) is 57.8 Å². The number of hydrogen-bond donors (Lipinski definition) is 2. The summed E-state index contributed by atoms with van der Waals surface area (Å²) >= 11 is 1.72. The summed E-state index contributed by atoms with van der Waals surface area (Å²) in [5, 5.41) is 11.0. The summed E-state index contributed by atoms with van der Waals surface area (Å²) in [5.74, 6) is 0.831. The second-order valence-electron chi connectivity index (χ2n) is 6.81. The van der Waals surface area contributed by atoms with E-state index in [0.717, 1.165) is 38.7 Å². The molecule has 1 saturated heterocycles. The highest BCUT2D eigenvalue weighted by molar-refractivity contribution is 7.07. The zero-order valence-corrected chi connectivity index (χ0v) is 16.6. The molecule has 3 rings (SSSR count). The first-order valence-corrected chi connectivity index (χ1v) is 10.1. The highest BCUT2D eigenvalue weighted by Gasteiger charge is 2.13. The molecule has 0 spiro atoms. The number of rotatable bonds is 6. The summed E-state index contributed by atoms with van der Waals surface area (Å²) in [5.41, 5.74) is 3.94. The fraction of sp³-hybridized carbons (Fsp3) is 0.450. The van der Waals surface area contributed by atoms with E-state index in [2.05, 4.69) is 73.6 Å². The van der Waals surface area contributed by atoms with Crippen LogP contribution in [0.4, 0.5) is 0 Å². The van der Waals surface area contributed by atoms with Crippen LogP contribution in [0.5, 0.6) is 0 Å². The molecule has 0 atom stereocenters. The predicted molar refractivity (Wildman–Crippen MR) is 111 cm³/mol. The van der Waals surface area contributed by atoms with E-state index < -0.39 is 0 Å². The van der Waals surface area contributed by atoms with Gasteiger partial charge in [-0.3, -0.25) is 9.89 Å². The fourth-order valence-corrected chi connectivity index (χ4v) is 3.68. The Morgan fingerprint density at radius 1 is 0.962 bits per heavy atom. The normalized spacial score (nSPS) is 16.6. The molecule has 2 aromatic rings. The van der Waals surface area contributed by atoms with E-state index in [9.17, 15) is 0 Å². The largest absolute Gasteiger partial charge is 0.352 e. The zero-order valence-electron chi connectivity index (χ0n) is 15.7. The Morgan fingerprint density at radius 2 is 1.62 bits per heavy atom. The first kappa shape index (κ1) is 18.9. The maximum atomic E-state index is 4.29. The quantitative estimate of drug-likeness (QED) is 0.604. The minimum atomic E-state index is 0.776. The van der Waals surface area contributed by atoms with Crippen LogP contribution in [-0.4, -0.2) is 56.0 Å². The van der Waals surface area contributed by atoms with Gasteiger partial charge in [-0.1, -0.05) is 24.3 Å². The van der Waals surface area contributed by atoms with Crippen LogP contribution in [-0.2, 0) is 19.6 Å². The summed E-state index contributed by atoms with van der Waals surface area (Å²) in [6.07, 6.45) is 0. The Bertz CT molecular complexity index is 673. The summed E-state index contributed by atoms with van der Waals surface area (Å²) in [6.45, 7) is 7.27. The second-order valence-corrected chi connectivity index (χ2v) is 7.59. The van der Waals surface area contributed by atoms with E-state index in [0.29, 0.717) is 0 Å². The molecule has 5 nitrogen and oxygen atoms in total. The standard InChI is InChI=1S/C20H29N5S/c1-21-20(23-14-19-7-12-26-16-19)22-13-17-3-5-18(6-4-17)15-25-10-8-24(2)9-11-25/h3-7,12,16H,8-11,13-15H2,1-2H3,(H2,21,22,23). The molecule has 2 heterocycles. The van der Waals surface area contributed by atoms with Crippen LogP contribution in [0.15, 0.2) is 46.1 Å². The van der Waals surface area contributed by atoms with Crippen molar-refractivity contribution < 1.29 is 0 Å². The summed E-state index contributed by atoms with van der Waals surface area (Å²) in [6, 6.07) is 11.0. The molecule has 1 aliphatic heterocycles. The fourth-order valence-electron chi connectivity index (χ4n) is 3.01. The van der Waals surface area contributed by atoms with Gasteiger partial charge in [-0.25, -0.2) is 0 Å². The molecule has 26 heavy (non-hydrogen) atoms. The molecule has 1 fully saturated rings. The van der Waals surface area contributed by atoms with Gasteiger partial charge >= 0.3 is 0 Å². The van der Waals surface area contributed by atoms with Crippen LogP contribution in [0.25, 0.3) is 0 Å². The minimum absolute atomic E-state index is 0.776. The molecule has 6 heteroatoms. The van der Waals surface area contributed by atoms with E-state index >= 15 is 0 Å². The Morgan fingerprint density at radius 3 is 2.23 bits per heavy atom. The van der Waals surface area contributed by atoms with Crippen LogP contribution in [0, 0.1) is 0 Å². The number of benzene rings is 1. The highest BCUT2D eigenvalue weighted by Crippen LogP contribution is 2.10. The van der Waals surface area contributed by atoms with Gasteiger partial charge in [0, 0.05) is 52.9 Å². The van der Waals surface area contributed by atoms with Gasteiger partial charge in [-0.2, -0.15) is 11.3 Å². The molecule has 0 saturated carbocycles. The van der Waals surface area contributed by atoms with Gasteiger partial charge in [0.1, 0.15) is 0 Å². The van der Waals surface area contributed by atoms with Crippen molar-refractivity contribution in [2.75, 3.05) is 40.3 Å². The lowest BCUT2D eigenvalue weighted by Gasteiger charge is -2.32. The number of hydrogen-bond acceptors (Lipinski definition) is 4. The topological polar surface area (TPSA) is 42.9 Å². The smallest absolute Gasteiger partial charge is 0.191 e. The van der Waals surface area contributed by atoms with E-state index in [-0.39, 0.29) is 0 Å². The maximum absolute atomic E-state index is 4.29. The van der Waals surface area contributed by atoms with E-state index in [1.54, 1.807) is 11.3 Å². The van der Waals surface area contributed by atoms with Gasteiger partial charge in [0.05, 0.1) is 0 Å². The Hall–Kier alpha value is -1.89. The van der Waals surface area contributed by atoms with Crippen molar-refractivity contribution in [3.8, 4) is 0 Å². The summed E-state index contributed by atoms with van der Waals surface area (Å²) in [4.78, 5) is 9.22. The number of piperazine rings is 1. The maximum Gasteiger partial charge on any atom is 0.191 e. The van der Waals surface area contributed by atoms with Crippen molar-refractivity contribution in [1.29, 1.82) is 0 Å². The molecular weight excluding hydrogens is 342 g/mol. The molecule has 0 radical (unpaired) electrons. The second kappa shape index (κ2) is 9.71. The number of aliphatic imine (C=N–C) groups is 1. The van der Waals surface area contributed by atoms with Gasteiger partial charge in [0.2, 0.25) is 0 Å². The van der Waals surface area contributed by atoms with Crippen molar-refractivity contribution in [2.24, 2.45) is 4.99 Å². The molecule has 1 aliphatic rings. The Balaban J connectivity index is 1.43. The van der Waals surface area contributed by atoms with E-state index in [4.69, 9.17) is 0 Å². The molecule has 0 aliphatic carbocycles. The average molecular weight is 372 g/mol. The van der Waals surface area contributed by atoms with Gasteiger partial charge in [0.25, 0.3) is 0 Å². The molecule has 1 aromatic heterocycles. The highest BCUT2D eigenvalue weighted by atomic mass is 32.1. The van der Waals surface area contributed by atoms with Gasteiger partial charge in [0.15, 0.2) is 5.96 Å². The first-order chi connectivity index (χ1) is 12.7. The predicted octanol–water partition coefficient (Wildman–Crippen LogP) is 2.36. The lowest BCUT2D eigenvalue weighted by Crippen LogP contribution is -2.43. The van der Waals surface area contributed by atoms with Crippen LogP contribution in [0.2, 0.25) is 0 Å². The molecule has 1 aromatic carbocycles. The number of thiophene rings is 1. The van der Waals surface area contributed by atoms with Crippen molar-refractivity contribution in [2.45, 2.75) is 19.6 Å². The van der Waals surface area contributed by atoms with Crippen LogP contribution >= 0.6 is 11.3 Å². The lowest BCUT2D eigenvalue weighted by molar-refractivity contribution is 0.148. The minimum Gasteiger partial charge on any atom is -0.352 e. The van der Waals surface area contributed by atoms with Gasteiger partial charge < -0.3 is 15.5 Å². The molecule has 2 N–H and O–H groups in total.